The Bertz CT molecular complexity index is 383. The molecule has 2 atom stereocenters. The first-order valence-corrected chi connectivity index (χ1v) is 18.2. The van der Waals surface area contributed by atoms with Crippen LogP contribution in [0.3, 0.4) is 0 Å². The summed E-state index contributed by atoms with van der Waals surface area (Å²) in [6.07, 6.45) is 4.86. The summed E-state index contributed by atoms with van der Waals surface area (Å²) in [5.41, 5.74) is 0. The van der Waals surface area contributed by atoms with E-state index < -0.39 is 16.6 Å². The van der Waals surface area contributed by atoms with Gasteiger partial charge in [0.25, 0.3) is 0 Å². The third-order valence-electron chi connectivity index (χ3n) is 5.43. The first-order valence-electron chi connectivity index (χ1n) is 11.1. The summed E-state index contributed by atoms with van der Waals surface area (Å²) in [5, 5.41) is 0.298. The zero-order valence-electron chi connectivity index (χ0n) is 20.8. The minimum Gasteiger partial charge on any atom is -0.414 e. The number of halogens is 2. The largest absolute Gasteiger partial charge is 0.414 e. The Morgan fingerprint density at radius 1 is 0.786 bits per heavy atom. The zero-order valence-corrected chi connectivity index (χ0v) is 24.3. The van der Waals surface area contributed by atoms with E-state index in [2.05, 4.69) is 74.7 Å². The Balaban J connectivity index is 0. The van der Waals surface area contributed by atoms with Gasteiger partial charge in [0.05, 0.1) is 0 Å². The van der Waals surface area contributed by atoms with E-state index in [0.717, 1.165) is 31.6 Å². The molecule has 0 N–H and O–H groups in total. The van der Waals surface area contributed by atoms with E-state index in [9.17, 15) is 0 Å². The van der Waals surface area contributed by atoms with Crippen LogP contribution in [0.2, 0.25) is 37.3 Å². The molecule has 0 spiro atoms. The van der Waals surface area contributed by atoms with Crippen LogP contribution in [0.5, 0.6) is 0 Å². The molecule has 0 aliphatic rings. The van der Waals surface area contributed by atoms with Crippen molar-refractivity contribution in [2.75, 3.05) is 11.8 Å². The van der Waals surface area contributed by atoms with Crippen LogP contribution in [-0.2, 0) is 8.85 Å². The molecule has 0 bridgehead atoms. The standard InChI is InChI=1S/2C11H25ClOSi/c1-7-10(8-9-12)13-14(5,6)11(2,3)4;1-6-11(7-8-12)13-14(4,5)9-10(2)3/h10H,7-9H2,1-6H3;10-11H,6-9H2,1-5H3. The van der Waals surface area contributed by atoms with E-state index in [1.54, 1.807) is 0 Å². The number of hydrogen-bond acceptors (Lipinski definition) is 2. The molecule has 0 fully saturated rings. The van der Waals surface area contributed by atoms with Crippen molar-refractivity contribution in [1.29, 1.82) is 0 Å². The molecule has 0 aromatic heterocycles. The molecular formula is C22H50Cl2O2Si2. The van der Waals surface area contributed by atoms with Gasteiger partial charge in [-0.25, -0.2) is 0 Å². The highest BCUT2D eigenvalue weighted by molar-refractivity contribution is 6.74. The Morgan fingerprint density at radius 2 is 1.18 bits per heavy atom. The molecule has 0 saturated carbocycles. The summed E-state index contributed by atoms with van der Waals surface area (Å²) in [6, 6.07) is 1.24. The van der Waals surface area contributed by atoms with Crippen molar-refractivity contribution in [3.63, 3.8) is 0 Å². The molecule has 2 nitrogen and oxygen atoms in total. The van der Waals surface area contributed by atoms with Crippen molar-refractivity contribution in [2.45, 2.75) is 124 Å². The number of hydrogen-bond donors (Lipinski definition) is 0. The highest BCUT2D eigenvalue weighted by Gasteiger charge is 2.38. The van der Waals surface area contributed by atoms with E-state index in [1.807, 2.05) is 0 Å². The molecule has 0 aromatic carbocycles. The monoisotopic (exact) mass is 472 g/mol. The summed E-state index contributed by atoms with van der Waals surface area (Å²) in [4.78, 5) is 0. The SMILES string of the molecule is CCC(CCCl)O[Si](C)(C)C(C)(C)C.CCC(CCCl)O[Si](C)(C)CC(C)C. The van der Waals surface area contributed by atoms with Gasteiger partial charge in [0.1, 0.15) is 0 Å². The third-order valence-corrected chi connectivity index (χ3v) is 13.2. The first kappa shape index (κ1) is 31.1. The number of alkyl halides is 2. The summed E-state index contributed by atoms with van der Waals surface area (Å²) in [7, 11) is -3.03. The van der Waals surface area contributed by atoms with Crippen LogP contribution < -0.4 is 0 Å². The lowest BCUT2D eigenvalue weighted by Crippen LogP contribution is -2.43. The van der Waals surface area contributed by atoms with Crippen molar-refractivity contribution in [2.24, 2.45) is 5.92 Å². The Labute approximate surface area is 189 Å². The topological polar surface area (TPSA) is 18.5 Å². The van der Waals surface area contributed by atoms with Gasteiger partial charge in [-0.05, 0) is 68.9 Å². The highest BCUT2D eigenvalue weighted by atomic mass is 35.5. The Hall–Kier alpha value is 0.934. The maximum Gasteiger partial charge on any atom is 0.192 e. The summed E-state index contributed by atoms with van der Waals surface area (Å²) < 4.78 is 12.4. The molecule has 0 aliphatic heterocycles. The van der Waals surface area contributed by atoms with Crippen LogP contribution >= 0.6 is 23.2 Å². The fourth-order valence-electron chi connectivity index (χ4n) is 3.01. The molecule has 0 aromatic rings. The van der Waals surface area contributed by atoms with Gasteiger partial charge < -0.3 is 8.85 Å². The summed E-state index contributed by atoms with van der Waals surface area (Å²) in [6.45, 7) is 24.9. The summed E-state index contributed by atoms with van der Waals surface area (Å²) >= 11 is 11.5. The molecule has 0 heterocycles. The van der Waals surface area contributed by atoms with Crippen molar-refractivity contribution >= 4 is 39.8 Å². The van der Waals surface area contributed by atoms with E-state index in [-0.39, 0.29) is 0 Å². The van der Waals surface area contributed by atoms with Crippen LogP contribution in [0.15, 0.2) is 0 Å². The average Bonchev–Trinajstić information content (AvgIpc) is 2.51. The molecule has 0 aliphatic carbocycles. The van der Waals surface area contributed by atoms with Gasteiger partial charge in [0.15, 0.2) is 16.6 Å². The van der Waals surface area contributed by atoms with E-state index in [0.29, 0.717) is 29.0 Å². The highest BCUT2D eigenvalue weighted by Crippen LogP contribution is 2.37. The van der Waals surface area contributed by atoms with E-state index in [1.165, 1.54) is 6.04 Å². The second kappa shape index (κ2) is 14.9. The molecule has 172 valence electrons. The molecular weight excluding hydrogens is 423 g/mol. The van der Waals surface area contributed by atoms with Gasteiger partial charge in [-0.1, -0.05) is 48.5 Å². The normalized spacial score (nSPS) is 15.2. The molecule has 0 amide bonds. The van der Waals surface area contributed by atoms with Gasteiger partial charge in [0.2, 0.25) is 0 Å². The molecule has 0 radical (unpaired) electrons. The zero-order chi connectivity index (χ0) is 22.6. The predicted octanol–water partition coefficient (Wildman–Crippen LogP) is 8.69. The third kappa shape index (κ3) is 14.8. The predicted molar refractivity (Wildman–Crippen MR) is 135 cm³/mol. The average molecular weight is 474 g/mol. The van der Waals surface area contributed by atoms with Crippen molar-refractivity contribution in [1.82, 2.24) is 0 Å². The van der Waals surface area contributed by atoms with E-state index in [4.69, 9.17) is 32.1 Å². The van der Waals surface area contributed by atoms with Gasteiger partial charge in [0, 0.05) is 24.0 Å². The maximum atomic E-state index is 6.25. The van der Waals surface area contributed by atoms with Gasteiger partial charge in [-0.3, -0.25) is 0 Å². The fourth-order valence-corrected chi connectivity index (χ4v) is 8.22. The van der Waals surface area contributed by atoms with Crippen LogP contribution in [-0.4, -0.2) is 40.6 Å². The van der Waals surface area contributed by atoms with Crippen molar-refractivity contribution < 1.29 is 8.85 Å². The second-order valence-electron chi connectivity index (χ2n) is 10.4. The van der Waals surface area contributed by atoms with Crippen molar-refractivity contribution in [3.05, 3.63) is 0 Å². The second-order valence-corrected chi connectivity index (χ2v) is 20.0. The van der Waals surface area contributed by atoms with Crippen molar-refractivity contribution in [3.8, 4) is 0 Å². The van der Waals surface area contributed by atoms with Gasteiger partial charge in [-0.15, -0.1) is 23.2 Å². The Kier molecular flexibility index (Phi) is 16.5. The van der Waals surface area contributed by atoms with Crippen LogP contribution in [0, 0.1) is 5.92 Å². The van der Waals surface area contributed by atoms with Crippen LogP contribution in [0.25, 0.3) is 0 Å². The van der Waals surface area contributed by atoms with Gasteiger partial charge in [-0.2, -0.15) is 0 Å². The fraction of sp³-hybridized carbons (Fsp3) is 1.00. The van der Waals surface area contributed by atoms with Crippen LogP contribution in [0.4, 0.5) is 0 Å². The maximum absolute atomic E-state index is 6.25. The summed E-state index contributed by atoms with van der Waals surface area (Å²) in [5.74, 6) is 2.16. The lowest BCUT2D eigenvalue weighted by atomic mass is 10.2. The first-order chi connectivity index (χ1) is 12.7. The molecule has 2 unspecified atom stereocenters. The minimum absolute atomic E-state index is 0.298. The number of rotatable bonds is 12. The minimum atomic E-state index is -1.58. The van der Waals surface area contributed by atoms with Crippen LogP contribution in [0.1, 0.15) is 74.1 Å². The quantitative estimate of drug-likeness (QED) is 0.208. The van der Waals surface area contributed by atoms with Gasteiger partial charge >= 0.3 is 0 Å². The smallest absolute Gasteiger partial charge is 0.192 e. The molecule has 0 rings (SSSR count). The lowest BCUT2D eigenvalue weighted by molar-refractivity contribution is 0.173. The lowest BCUT2D eigenvalue weighted by Gasteiger charge is -2.39. The molecule has 6 heteroatoms. The molecule has 0 saturated heterocycles. The Morgan fingerprint density at radius 3 is 1.46 bits per heavy atom. The van der Waals surface area contributed by atoms with E-state index >= 15 is 0 Å². The molecule has 28 heavy (non-hydrogen) atoms.